The van der Waals surface area contributed by atoms with Crippen molar-refractivity contribution < 1.29 is 9.53 Å². The number of benzene rings is 2. The van der Waals surface area contributed by atoms with Crippen LogP contribution in [0.5, 0.6) is 0 Å². The quantitative estimate of drug-likeness (QED) is 0.455. The molecule has 0 N–H and O–H groups in total. The minimum Gasteiger partial charge on any atom is -0.459 e. The average molecular weight is 390 g/mol. The molecule has 29 heavy (non-hydrogen) atoms. The Morgan fingerprint density at radius 2 is 1.72 bits per heavy atom. The highest BCUT2D eigenvalue weighted by Gasteiger charge is 2.15. The molecule has 0 saturated heterocycles. The van der Waals surface area contributed by atoms with Gasteiger partial charge in [0.2, 0.25) is 0 Å². The van der Waals surface area contributed by atoms with Crippen LogP contribution >= 0.6 is 0 Å². The highest BCUT2D eigenvalue weighted by molar-refractivity contribution is 5.78. The Labute approximate surface area is 167 Å². The van der Waals surface area contributed by atoms with Crippen molar-refractivity contribution in [3.05, 3.63) is 83.0 Å². The number of rotatable bonds is 7. The number of aromatic nitrogens is 4. The van der Waals surface area contributed by atoms with Crippen LogP contribution in [0.4, 0.5) is 0 Å². The van der Waals surface area contributed by atoms with Crippen LogP contribution in [0.15, 0.2) is 71.8 Å². The van der Waals surface area contributed by atoms with E-state index in [0.717, 1.165) is 28.7 Å². The van der Waals surface area contributed by atoms with E-state index in [1.807, 2.05) is 67.7 Å². The van der Waals surface area contributed by atoms with Crippen molar-refractivity contribution in [1.82, 2.24) is 18.9 Å². The fourth-order valence-corrected chi connectivity index (χ4v) is 3.37. The van der Waals surface area contributed by atoms with Crippen molar-refractivity contribution in [2.75, 3.05) is 0 Å². The second-order valence-electron chi connectivity index (χ2n) is 6.79. The molecule has 0 aliphatic rings. The number of ether oxygens (including phenoxy) is 1. The summed E-state index contributed by atoms with van der Waals surface area (Å²) in [5.41, 5.74) is 3.19. The van der Waals surface area contributed by atoms with E-state index in [-0.39, 0.29) is 18.8 Å². The van der Waals surface area contributed by atoms with Gasteiger partial charge in [-0.3, -0.25) is 13.9 Å². The SMILES string of the molecule is CCCn1c(=O)n(CC(=O)OCc2ccc(-n3cccn3)cc2)c2ccccc21. The maximum atomic E-state index is 12.7. The number of carbonyl (C=O) groups is 1. The Bertz CT molecular complexity index is 1170. The minimum absolute atomic E-state index is 0.110. The molecule has 2 aromatic heterocycles. The summed E-state index contributed by atoms with van der Waals surface area (Å²) in [6, 6.07) is 17.0. The summed E-state index contributed by atoms with van der Waals surface area (Å²) in [6.45, 7) is 2.68. The normalized spacial score (nSPS) is 11.1. The van der Waals surface area contributed by atoms with Gasteiger partial charge in [-0.25, -0.2) is 9.48 Å². The van der Waals surface area contributed by atoms with E-state index in [2.05, 4.69) is 5.10 Å². The smallest absolute Gasteiger partial charge is 0.329 e. The molecule has 4 aromatic rings. The third kappa shape index (κ3) is 3.85. The number of carbonyl (C=O) groups excluding carboxylic acids is 1. The topological polar surface area (TPSA) is 71.1 Å². The second kappa shape index (κ2) is 8.18. The molecule has 0 aliphatic heterocycles. The average Bonchev–Trinajstić information content (AvgIpc) is 3.37. The Morgan fingerprint density at radius 3 is 2.38 bits per heavy atom. The number of esters is 1. The number of imidazole rings is 1. The molecule has 0 fully saturated rings. The van der Waals surface area contributed by atoms with Crippen molar-refractivity contribution in [3.8, 4) is 5.69 Å². The molecule has 0 saturated carbocycles. The fourth-order valence-electron chi connectivity index (χ4n) is 3.37. The molecule has 0 radical (unpaired) electrons. The summed E-state index contributed by atoms with van der Waals surface area (Å²) in [5, 5.41) is 4.18. The van der Waals surface area contributed by atoms with E-state index in [1.165, 1.54) is 4.57 Å². The van der Waals surface area contributed by atoms with Crippen LogP contribution in [0.2, 0.25) is 0 Å². The zero-order valence-corrected chi connectivity index (χ0v) is 16.2. The number of hydrogen-bond donors (Lipinski definition) is 0. The van der Waals surface area contributed by atoms with Crippen molar-refractivity contribution in [3.63, 3.8) is 0 Å². The Morgan fingerprint density at radius 1 is 1.00 bits per heavy atom. The molecule has 7 nitrogen and oxygen atoms in total. The van der Waals surface area contributed by atoms with E-state index in [4.69, 9.17) is 4.74 Å². The summed E-state index contributed by atoms with van der Waals surface area (Å²) in [4.78, 5) is 25.1. The van der Waals surface area contributed by atoms with Gasteiger partial charge in [0.25, 0.3) is 0 Å². The van der Waals surface area contributed by atoms with Gasteiger partial charge in [0, 0.05) is 18.9 Å². The number of hydrogen-bond acceptors (Lipinski definition) is 4. The lowest BCUT2D eigenvalue weighted by molar-refractivity contribution is -0.145. The first kappa shape index (κ1) is 18.7. The molecule has 7 heteroatoms. The molecule has 148 valence electrons. The maximum Gasteiger partial charge on any atom is 0.329 e. The van der Waals surface area contributed by atoms with Crippen LogP contribution in [0.1, 0.15) is 18.9 Å². The molecule has 0 unspecified atom stereocenters. The van der Waals surface area contributed by atoms with Crippen molar-refractivity contribution in [2.45, 2.75) is 33.0 Å². The summed E-state index contributed by atoms with van der Waals surface area (Å²) < 4.78 is 10.3. The van der Waals surface area contributed by atoms with E-state index < -0.39 is 5.97 Å². The Hall–Kier alpha value is -3.61. The predicted octanol–water partition coefficient (Wildman–Crippen LogP) is 3.14. The van der Waals surface area contributed by atoms with Crippen LogP contribution in [-0.2, 0) is 29.2 Å². The number of para-hydroxylation sites is 2. The molecule has 2 aromatic carbocycles. The molecule has 0 atom stereocenters. The van der Waals surface area contributed by atoms with Crippen LogP contribution in [0, 0.1) is 0 Å². The minimum atomic E-state index is -0.442. The molecular formula is C22H22N4O3. The highest BCUT2D eigenvalue weighted by atomic mass is 16.5. The second-order valence-corrected chi connectivity index (χ2v) is 6.79. The van der Waals surface area contributed by atoms with Gasteiger partial charge < -0.3 is 4.74 Å². The molecule has 0 spiro atoms. The largest absolute Gasteiger partial charge is 0.459 e. The lowest BCUT2D eigenvalue weighted by Crippen LogP contribution is -2.27. The van der Waals surface area contributed by atoms with Crippen molar-refractivity contribution in [2.24, 2.45) is 0 Å². The zero-order chi connectivity index (χ0) is 20.2. The monoisotopic (exact) mass is 390 g/mol. The standard InChI is InChI=1S/C22H22N4O3/c1-2-13-24-19-6-3-4-7-20(19)25(22(24)28)15-21(27)29-16-17-8-10-18(11-9-17)26-14-5-12-23-26/h3-12,14H,2,13,15-16H2,1H3. The Kier molecular flexibility index (Phi) is 5.29. The zero-order valence-electron chi connectivity index (χ0n) is 16.2. The van der Waals surface area contributed by atoms with Gasteiger partial charge in [-0.1, -0.05) is 31.2 Å². The van der Waals surface area contributed by atoms with Crippen LogP contribution in [0.25, 0.3) is 16.7 Å². The number of fused-ring (bicyclic) bond motifs is 1. The number of aryl methyl sites for hydroxylation is 1. The molecule has 2 heterocycles. The highest BCUT2D eigenvalue weighted by Crippen LogP contribution is 2.14. The van der Waals surface area contributed by atoms with Crippen LogP contribution in [0.3, 0.4) is 0 Å². The molecule has 0 bridgehead atoms. The van der Waals surface area contributed by atoms with E-state index in [9.17, 15) is 9.59 Å². The van der Waals surface area contributed by atoms with E-state index in [1.54, 1.807) is 15.4 Å². The third-order valence-corrected chi connectivity index (χ3v) is 4.76. The molecule has 4 rings (SSSR count). The first-order valence-electron chi connectivity index (χ1n) is 9.60. The van der Waals surface area contributed by atoms with Crippen molar-refractivity contribution in [1.29, 1.82) is 0 Å². The van der Waals surface area contributed by atoms with Gasteiger partial charge in [0.15, 0.2) is 0 Å². The van der Waals surface area contributed by atoms with Crippen LogP contribution < -0.4 is 5.69 Å². The van der Waals surface area contributed by atoms with Gasteiger partial charge in [-0.05, 0) is 42.3 Å². The first-order chi connectivity index (χ1) is 14.2. The van der Waals surface area contributed by atoms with Gasteiger partial charge >= 0.3 is 11.7 Å². The molecular weight excluding hydrogens is 368 g/mol. The van der Waals surface area contributed by atoms with Crippen molar-refractivity contribution >= 4 is 17.0 Å². The summed E-state index contributed by atoms with van der Waals surface area (Å²) in [5.74, 6) is -0.442. The fraction of sp³-hybridized carbons (Fsp3) is 0.227. The van der Waals surface area contributed by atoms with Crippen LogP contribution in [-0.4, -0.2) is 24.9 Å². The summed E-state index contributed by atoms with van der Waals surface area (Å²) in [7, 11) is 0. The lowest BCUT2D eigenvalue weighted by atomic mass is 10.2. The summed E-state index contributed by atoms with van der Waals surface area (Å²) in [6.07, 6.45) is 4.42. The summed E-state index contributed by atoms with van der Waals surface area (Å²) >= 11 is 0. The van der Waals surface area contributed by atoms with Gasteiger partial charge in [0.1, 0.15) is 13.2 Å². The van der Waals surface area contributed by atoms with Gasteiger partial charge in [-0.15, -0.1) is 0 Å². The van der Waals surface area contributed by atoms with E-state index >= 15 is 0 Å². The third-order valence-electron chi connectivity index (χ3n) is 4.76. The Balaban J connectivity index is 1.45. The number of nitrogens with zero attached hydrogens (tertiary/aromatic N) is 4. The van der Waals surface area contributed by atoms with E-state index in [0.29, 0.717) is 6.54 Å². The maximum absolute atomic E-state index is 12.7. The predicted molar refractivity (Wildman–Crippen MR) is 110 cm³/mol. The lowest BCUT2D eigenvalue weighted by Gasteiger charge is -2.07. The van der Waals surface area contributed by atoms with Gasteiger partial charge in [0.05, 0.1) is 16.7 Å². The van der Waals surface area contributed by atoms with Gasteiger partial charge in [-0.2, -0.15) is 5.10 Å². The first-order valence-corrected chi connectivity index (χ1v) is 9.60. The molecule has 0 aliphatic carbocycles. The molecule has 0 amide bonds.